The second kappa shape index (κ2) is 3.56. The van der Waals surface area contributed by atoms with Crippen LogP contribution in [0, 0.1) is 0 Å². The van der Waals surface area contributed by atoms with Gasteiger partial charge in [-0.25, -0.2) is 4.79 Å². The van der Waals surface area contributed by atoms with Crippen LogP contribution in [0.25, 0.3) is 0 Å². The molecule has 76 valence electrons. The van der Waals surface area contributed by atoms with E-state index in [-0.39, 0.29) is 0 Å². The van der Waals surface area contributed by atoms with Crippen LogP contribution < -0.4 is 5.73 Å². The predicted molar refractivity (Wildman–Crippen MR) is 38.5 cm³/mol. The zero-order valence-electron chi connectivity index (χ0n) is 6.57. The van der Waals surface area contributed by atoms with Crippen molar-refractivity contribution in [1.29, 1.82) is 0 Å². The van der Waals surface area contributed by atoms with E-state index in [1.165, 1.54) is 0 Å². The molecule has 1 saturated heterocycles. The maximum atomic E-state index is 10.4. The molecule has 0 spiro atoms. The third kappa shape index (κ3) is 1.79. The molecule has 0 aliphatic carbocycles. The zero-order chi connectivity index (χ0) is 10.2. The number of hydrogen-bond acceptors (Lipinski definition) is 6. The standard InChI is InChI=1S/C6H11NO6/c7-5-3(10)1(8)2(9)4(13-5)6(11)12/h1-5,8-10H,7H2,(H,11,12)/t1-,2-,3-,4+,5+/m0/s1. The van der Waals surface area contributed by atoms with Gasteiger partial charge in [0.05, 0.1) is 0 Å². The van der Waals surface area contributed by atoms with Crippen molar-refractivity contribution in [3.05, 3.63) is 0 Å². The fourth-order valence-electron chi connectivity index (χ4n) is 1.11. The average molecular weight is 193 g/mol. The molecule has 1 aliphatic rings. The van der Waals surface area contributed by atoms with E-state index in [0.717, 1.165) is 0 Å². The Morgan fingerprint density at radius 3 is 2.15 bits per heavy atom. The number of aliphatic hydroxyl groups is 3. The molecule has 0 amide bonds. The second-order valence-corrected chi connectivity index (χ2v) is 2.83. The van der Waals surface area contributed by atoms with Gasteiger partial charge >= 0.3 is 5.97 Å². The molecule has 1 aliphatic heterocycles. The summed E-state index contributed by atoms with van der Waals surface area (Å²) < 4.78 is 4.56. The van der Waals surface area contributed by atoms with Crippen LogP contribution in [0.15, 0.2) is 0 Å². The number of aliphatic carboxylic acids is 1. The number of carboxylic acids is 1. The summed E-state index contributed by atoms with van der Waals surface area (Å²) in [5.41, 5.74) is 5.15. The van der Waals surface area contributed by atoms with Gasteiger partial charge in [-0.15, -0.1) is 0 Å². The molecule has 6 N–H and O–H groups in total. The minimum atomic E-state index is -1.67. The largest absolute Gasteiger partial charge is 0.479 e. The fraction of sp³-hybridized carbons (Fsp3) is 0.833. The van der Waals surface area contributed by atoms with Gasteiger partial charge < -0.3 is 30.9 Å². The first-order chi connectivity index (χ1) is 5.95. The molecule has 13 heavy (non-hydrogen) atoms. The monoisotopic (exact) mass is 193 g/mol. The van der Waals surface area contributed by atoms with Gasteiger partial charge in [-0.05, 0) is 0 Å². The molecule has 0 radical (unpaired) electrons. The molecule has 0 aromatic carbocycles. The molecule has 7 heteroatoms. The maximum absolute atomic E-state index is 10.4. The number of aliphatic hydroxyl groups excluding tert-OH is 3. The Morgan fingerprint density at radius 2 is 1.69 bits per heavy atom. The third-order valence-electron chi connectivity index (χ3n) is 1.89. The van der Waals surface area contributed by atoms with E-state index in [0.29, 0.717) is 0 Å². The summed E-state index contributed by atoms with van der Waals surface area (Å²) in [6.45, 7) is 0. The maximum Gasteiger partial charge on any atom is 0.335 e. The number of ether oxygens (including phenoxy) is 1. The Kier molecular flexibility index (Phi) is 2.84. The van der Waals surface area contributed by atoms with Crippen LogP contribution in [0.5, 0.6) is 0 Å². The molecule has 0 bridgehead atoms. The molecule has 1 heterocycles. The highest BCUT2D eigenvalue weighted by molar-refractivity contribution is 5.73. The van der Waals surface area contributed by atoms with Gasteiger partial charge in [0.15, 0.2) is 6.10 Å². The summed E-state index contributed by atoms with van der Waals surface area (Å²) in [7, 11) is 0. The summed E-state index contributed by atoms with van der Waals surface area (Å²) in [6.07, 6.45) is -7.67. The molecular formula is C6H11NO6. The summed E-state index contributed by atoms with van der Waals surface area (Å²) in [4.78, 5) is 10.4. The first-order valence-corrected chi connectivity index (χ1v) is 3.63. The highest BCUT2D eigenvalue weighted by atomic mass is 16.6. The van der Waals surface area contributed by atoms with Crippen LogP contribution >= 0.6 is 0 Å². The van der Waals surface area contributed by atoms with E-state index in [9.17, 15) is 4.79 Å². The summed E-state index contributed by atoms with van der Waals surface area (Å²) in [6, 6.07) is 0. The minimum absolute atomic E-state index is 1.31. The Balaban J connectivity index is 2.76. The van der Waals surface area contributed by atoms with Crippen LogP contribution in [0.1, 0.15) is 0 Å². The smallest absolute Gasteiger partial charge is 0.335 e. The molecular weight excluding hydrogens is 182 g/mol. The molecule has 5 atom stereocenters. The van der Waals surface area contributed by atoms with Gasteiger partial charge in [0, 0.05) is 0 Å². The van der Waals surface area contributed by atoms with Crippen molar-refractivity contribution in [3.63, 3.8) is 0 Å². The summed E-state index contributed by atoms with van der Waals surface area (Å²) >= 11 is 0. The molecule has 1 rings (SSSR count). The molecule has 0 aromatic heterocycles. The quantitative estimate of drug-likeness (QED) is 0.296. The second-order valence-electron chi connectivity index (χ2n) is 2.83. The van der Waals surface area contributed by atoms with Gasteiger partial charge in [-0.2, -0.15) is 0 Å². The van der Waals surface area contributed by atoms with Crippen LogP contribution in [-0.4, -0.2) is 57.0 Å². The van der Waals surface area contributed by atoms with Crippen LogP contribution in [0.3, 0.4) is 0 Å². The lowest BCUT2D eigenvalue weighted by Gasteiger charge is -2.36. The van der Waals surface area contributed by atoms with Gasteiger partial charge in [0.25, 0.3) is 0 Å². The Hall–Kier alpha value is -0.730. The van der Waals surface area contributed by atoms with Crippen LogP contribution in [-0.2, 0) is 9.53 Å². The average Bonchev–Trinajstić information content (AvgIpc) is 2.07. The number of carbonyl (C=O) groups is 1. The minimum Gasteiger partial charge on any atom is -0.479 e. The van der Waals surface area contributed by atoms with Crippen LogP contribution in [0.2, 0.25) is 0 Å². The van der Waals surface area contributed by atoms with E-state index in [4.69, 9.17) is 26.2 Å². The summed E-state index contributed by atoms with van der Waals surface area (Å²) in [5, 5.41) is 35.8. The van der Waals surface area contributed by atoms with E-state index in [1.54, 1.807) is 0 Å². The van der Waals surface area contributed by atoms with Crippen LogP contribution in [0.4, 0.5) is 0 Å². The third-order valence-corrected chi connectivity index (χ3v) is 1.89. The van der Waals surface area contributed by atoms with Crippen molar-refractivity contribution < 1.29 is 30.0 Å². The topological polar surface area (TPSA) is 133 Å². The Morgan fingerprint density at radius 1 is 1.15 bits per heavy atom. The summed E-state index contributed by atoms with van der Waals surface area (Å²) in [5.74, 6) is -1.44. The van der Waals surface area contributed by atoms with Gasteiger partial charge in [0.2, 0.25) is 0 Å². The zero-order valence-corrected chi connectivity index (χ0v) is 6.57. The van der Waals surface area contributed by atoms with Gasteiger partial charge in [-0.3, -0.25) is 0 Å². The normalized spacial score (nSPS) is 46.0. The molecule has 7 nitrogen and oxygen atoms in total. The van der Waals surface area contributed by atoms with Crippen molar-refractivity contribution in [2.24, 2.45) is 5.73 Å². The van der Waals surface area contributed by atoms with Crippen molar-refractivity contribution in [3.8, 4) is 0 Å². The first-order valence-electron chi connectivity index (χ1n) is 3.63. The number of hydrogen-bond donors (Lipinski definition) is 5. The highest BCUT2D eigenvalue weighted by Gasteiger charge is 2.45. The number of nitrogens with two attached hydrogens (primary N) is 1. The lowest BCUT2D eigenvalue weighted by Crippen LogP contribution is -2.62. The fourth-order valence-corrected chi connectivity index (χ4v) is 1.11. The number of carboxylic acid groups (broad SMARTS) is 1. The lowest BCUT2D eigenvalue weighted by molar-refractivity contribution is -0.226. The van der Waals surface area contributed by atoms with Gasteiger partial charge in [-0.1, -0.05) is 0 Å². The molecule has 0 saturated carbocycles. The molecule has 0 aromatic rings. The Bertz CT molecular complexity index is 209. The van der Waals surface area contributed by atoms with E-state index >= 15 is 0 Å². The number of rotatable bonds is 1. The van der Waals surface area contributed by atoms with Crippen molar-refractivity contribution in [1.82, 2.24) is 0 Å². The van der Waals surface area contributed by atoms with E-state index in [1.807, 2.05) is 0 Å². The van der Waals surface area contributed by atoms with Gasteiger partial charge in [0.1, 0.15) is 24.5 Å². The molecule has 0 unspecified atom stereocenters. The lowest BCUT2D eigenvalue weighted by atomic mass is 9.98. The SMILES string of the molecule is N[C@@H]1O[C@@H](C(=O)O)[C@@H](O)[C@H](O)[C@@H]1O. The first kappa shape index (κ1) is 10.4. The molecule has 1 fully saturated rings. The Labute approximate surface area is 73.4 Å². The van der Waals surface area contributed by atoms with Crippen molar-refractivity contribution in [2.45, 2.75) is 30.6 Å². The van der Waals surface area contributed by atoms with Crippen molar-refractivity contribution >= 4 is 5.97 Å². The van der Waals surface area contributed by atoms with E-state index in [2.05, 4.69) is 4.74 Å². The van der Waals surface area contributed by atoms with E-state index < -0.39 is 36.6 Å². The highest BCUT2D eigenvalue weighted by Crippen LogP contribution is 2.18. The van der Waals surface area contributed by atoms with Crippen molar-refractivity contribution in [2.75, 3.05) is 0 Å². The predicted octanol–water partition coefficient (Wildman–Crippen LogP) is -3.16.